The zero-order chi connectivity index (χ0) is 30.8. The second-order valence-electron chi connectivity index (χ2n) is 15.8. The predicted molar refractivity (Wildman–Crippen MR) is 178 cm³/mol. The standard InChI is InChI=1S/C38H60N2O3/c1-25(2)9-8-10-26(3)33-13-14-34-32-12-11-28-23-31(15-17-37(28,4)35(32)16-18-38(33,34)5)42-19-6-7-20-43-36(41)27-21-29(39)24-30(40)22-27/h11,21-22,24-26,31-35H,6-10,12-20,23,39-40H2,1-5H3. The van der Waals surface area contributed by atoms with Crippen molar-refractivity contribution in [2.45, 2.75) is 124 Å². The number of rotatable bonds is 12. The van der Waals surface area contributed by atoms with Crippen LogP contribution in [-0.4, -0.2) is 25.3 Å². The number of anilines is 2. The number of unbranched alkanes of at least 4 members (excludes halogenated alkanes) is 1. The maximum absolute atomic E-state index is 12.3. The summed E-state index contributed by atoms with van der Waals surface area (Å²) >= 11 is 0. The number of nitrogens with two attached hydrogens (primary N) is 2. The molecule has 4 aliphatic carbocycles. The second-order valence-corrected chi connectivity index (χ2v) is 15.8. The van der Waals surface area contributed by atoms with E-state index >= 15 is 0 Å². The Balaban J connectivity index is 1.08. The maximum Gasteiger partial charge on any atom is 0.338 e. The zero-order valence-electron chi connectivity index (χ0n) is 27.8. The molecule has 240 valence electrons. The molecule has 43 heavy (non-hydrogen) atoms. The molecule has 0 heterocycles. The van der Waals surface area contributed by atoms with Crippen LogP contribution in [0.1, 0.15) is 128 Å². The highest BCUT2D eigenvalue weighted by Crippen LogP contribution is 2.67. The SMILES string of the molecule is CC(C)CCCC(C)C1CCC2C3CC=C4CC(OCCCCOC(=O)c5cc(N)cc(N)c5)CCC4(C)C3CCC12C. The molecule has 4 aliphatic rings. The predicted octanol–water partition coefficient (Wildman–Crippen LogP) is 9.21. The number of hydrogen-bond acceptors (Lipinski definition) is 5. The number of nitrogen functional groups attached to an aromatic ring is 2. The molecule has 0 bridgehead atoms. The maximum atomic E-state index is 12.3. The Morgan fingerprint density at radius 1 is 0.907 bits per heavy atom. The van der Waals surface area contributed by atoms with E-state index in [1.807, 2.05) is 0 Å². The fourth-order valence-electron chi connectivity index (χ4n) is 10.3. The summed E-state index contributed by atoms with van der Waals surface area (Å²) in [6.45, 7) is 13.7. The summed E-state index contributed by atoms with van der Waals surface area (Å²) in [5, 5.41) is 0. The number of hydrogen-bond donors (Lipinski definition) is 2. The Kier molecular flexibility index (Phi) is 10.2. The lowest BCUT2D eigenvalue weighted by Gasteiger charge is -2.58. The summed E-state index contributed by atoms with van der Waals surface area (Å²) in [5.41, 5.74) is 15.6. The van der Waals surface area contributed by atoms with Crippen LogP contribution in [0.3, 0.4) is 0 Å². The molecule has 4 N–H and O–H groups in total. The van der Waals surface area contributed by atoms with Gasteiger partial charge in [0.2, 0.25) is 0 Å². The van der Waals surface area contributed by atoms with E-state index in [1.165, 1.54) is 64.2 Å². The Labute approximate surface area is 261 Å². The van der Waals surface area contributed by atoms with Gasteiger partial charge in [-0.25, -0.2) is 4.79 Å². The molecular formula is C38H60N2O3. The average Bonchev–Trinajstić information content (AvgIpc) is 3.31. The highest BCUT2D eigenvalue weighted by Gasteiger charge is 2.59. The van der Waals surface area contributed by atoms with Crippen molar-refractivity contribution in [2.24, 2.45) is 46.3 Å². The van der Waals surface area contributed by atoms with Crippen LogP contribution in [0, 0.1) is 46.3 Å². The summed E-state index contributed by atoms with van der Waals surface area (Å²) in [7, 11) is 0. The van der Waals surface area contributed by atoms with Gasteiger partial charge in [0.05, 0.1) is 18.3 Å². The van der Waals surface area contributed by atoms with Gasteiger partial charge in [-0.1, -0.05) is 65.5 Å². The van der Waals surface area contributed by atoms with Crippen LogP contribution in [-0.2, 0) is 9.47 Å². The lowest BCUT2D eigenvalue weighted by atomic mass is 9.47. The molecule has 0 amide bonds. The Morgan fingerprint density at radius 3 is 2.40 bits per heavy atom. The molecule has 1 aromatic carbocycles. The van der Waals surface area contributed by atoms with Crippen molar-refractivity contribution in [2.75, 3.05) is 24.7 Å². The van der Waals surface area contributed by atoms with Gasteiger partial charge >= 0.3 is 5.97 Å². The summed E-state index contributed by atoms with van der Waals surface area (Å²) in [6.07, 6.45) is 19.5. The molecule has 1 aromatic rings. The van der Waals surface area contributed by atoms with Gasteiger partial charge in [-0.3, -0.25) is 0 Å². The number of fused-ring (bicyclic) bond motifs is 5. The lowest BCUT2D eigenvalue weighted by Crippen LogP contribution is -2.51. The Morgan fingerprint density at radius 2 is 1.65 bits per heavy atom. The van der Waals surface area contributed by atoms with Crippen molar-refractivity contribution in [1.29, 1.82) is 0 Å². The fraction of sp³-hybridized carbons (Fsp3) is 0.763. The monoisotopic (exact) mass is 592 g/mol. The molecule has 5 nitrogen and oxygen atoms in total. The first kappa shape index (κ1) is 32.4. The van der Waals surface area contributed by atoms with Crippen LogP contribution in [0.25, 0.3) is 0 Å². The van der Waals surface area contributed by atoms with E-state index in [2.05, 4.69) is 40.7 Å². The minimum absolute atomic E-state index is 0.324. The Bertz CT molecular complexity index is 1130. The van der Waals surface area contributed by atoms with Crippen LogP contribution in [0.5, 0.6) is 0 Å². The van der Waals surface area contributed by atoms with Crippen LogP contribution in [0.15, 0.2) is 29.8 Å². The molecule has 3 fully saturated rings. The van der Waals surface area contributed by atoms with Crippen molar-refractivity contribution in [1.82, 2.24) is 0 Å². The summed E-state index contributed by atoms with van der Waals surface area (Å²) in [4.78, 5) is 12.3. The number of esters is 1. The molecule has 3 saturated carbocycles. The largest absolute Gasteiger partial charge is 0.462 e. The Hall–Kier alpha value is -2.01. The van der Waals surface area contributed by atoms with E-state index in [0.717, 1.165) is 61.4 Å². The first-order valence-corrected chi connectivity index (χ1v) is 17.7. The van der Waals surface area contributed by atoms with Crippen LogP contribution in [0.4, 0.5) is 11.4 Å². The minimum atomic E-state index is -0.374. The van der Waals surface area contributed by atoms with E-state index < -0.39 is 0 Å². The van der Waals surface area contributed by atoms with Crippen molar-refractivity contribution in [3.63, 3.8) is 0 Å². The van der Waals surface area contributed by atoms with E-state index in [1.54, 1.807) is 23.8 Å². The van der Waals surface area contributed by atoms with Crippen LogP contribution in [0.2, 0.25) is 0 Å². The minimum Gasteiger partial charge on any atom is -0.462 e. The van der Waals surface area contributed by atoms with E-state index in [4.69, 9.17) is 20.9 Å². The van der Waals surface area contributed by atoms with Crippen molar-refractivity contribution in [3.8, 4) is 0 Å². The third-order valence-electron chi connectivity index (χ3n) is 12.6. The summed E-state index contributed by atoms with van der Waals surface area (Å²) < 4.78 is 11.8. The van der Waals surface area contributed by atoms with Gasteiger partial charge < -0.3 is 20.9 Å². The lowest BCUT2D eigenvalue weighted by molar-refractivity contribution is -0.0642. The highest BCUT2D eigenvalue weighted by molar-refractivity contribution is 5.91. The first-order valence-electron chi connectivity index (χ1n) is 17.7. The fourth-order valence-corrected chi connectivity index (χ4v) is 10.3. The van der Waals surface area contributed by atoms with E-state index in [9.17, 15) is 4.79 Å². The normalized spacial score (nSPS) is 34.2. The van der Waals surface area contributed by atoms with Gasteiger partial charge in [0.25, 0.3) is 0 Å². The summed E-state index contributed by atoms with van der Waals surface area (Å²) in [6, 6.07) is 4.84. The van der Waals surface area contributed by atoms with Crippen molar-refractivity contribution < 1.29 is 14.3 Å². The van der Waals surface area contributed by atoms with Gasteiger partial charge in [-0.15, -0.1) is 0 Å². The average molecular weight is 593 g/mol. The van der Waals surface area contributed by atoms with Gasteiger partial charge in [0.15, 0.2) is 0 Å². The van der Waals surface area contributed by atoms with Gasteiger partial charge in [0.1, 0.15) is 0 Å². The van der Waals surface area contributed by atoms with E-state index in [0.29, 0.717) is 40.5 Å². The number of benzene rings is 1. The topological polar surface area (TPSA) is 87.6 Å². The molecule has 5 rings (SSSR count). The molecule has 0 aromatic heterocycles. The van der Waals surface area contributed by atoms with Gasteiger partial charge in [0, 0.05) is 18.0 Å². The zero-order valence-corrected chi connectivity index (χ0v) is 27.8. The van der Waals surface area contributed by atoms with Crippen molar-refractivity contribution >= 4 is 17.3 Å². The molecule has 8 atom stereocenters. The third-order valence-corrected chi connectivity index (χ3v) is 12.6. The number of ether oxygens (including phenoxy) is 2. The van der Waals surface area contributed by atoms with E-state index in [-0.39, 0.29) is 5.97 Å². The van der Waals surface area contributed by atoms with Gasteiger partial charge in [-0.05, 0) is 129 Å². The summed E-state index contributed by atoms with van der Waals surface area (Å²) in [5.74, 6) is 4.90. The quantitative estimate of drug-likeness (QED) is 0.109. The second kappa shape index (κ2) is 13.5. The molecule has 0 radical (unpaired) electrons. The first-order chi connectivity index (χ1) is 20.5. The molecule has 0 spiro atoms. The molecule has 0 aliphatic heterocycles. The number of carbonyl (C=O) groups is 1. The molecule has 5 heteroatoms. The highest BCUT2D eigenvalue weighted by atomic mass is 16.5. The smallest absolute Gasteiger partial charge is 0.338 e. The molecule has 0 saturated heterocycles. The molecular weight excluding hydrogens is 532 g/mol. The van der Waals surface area contributed by atoms with Gasteiger partial charge in [-0.2, -0.15) is 0 Å². The molecule has 8 unspecified atom stereocenters. The third kappa shape index (κ3) is 6.97. The van der Waals surface area contributed by atoms with Crippen molar-refractivity contribution in [3.05, 3.63) is 35.4 Å². The number of allylic oxidation sites excluding steroid dienone is 1. The van der Waals surface area contributed by atoms with Crippen LogP contribution >= 0.6 is 0 Å². The number of carbonyl (C=O) groups excluding carboxylic acids is 1. The van der Waals surface area contributed by atoms with Crippen LogP contribution < -0.4 is 11.5 Å².